The molecular weight excluding hydrogens is 184 g/mol. The van der Waals surface area contributed by atoms with E-state index in [0.717, 1.165) is 12.5 Å². The summed E-state index contributed by atoms with van der Waals surface area (Å²) in [5, 5.41) is 3.67. The first kappa shape index (κ1) is 10.6. The second-order valence-corrected chi connectivity index (χ2v) is 4.90. The molecule has 0 bridgehead atoms. The molecule has 82 valence electrons. The molecular formula is C13H20N2. The third-order valence-corrected chi connectivity index (χ3v) is 2.90. The highest BCUT2D eigenvalue weighted by atomic mass is 14.9. The van der Waals surface area contributed by atoms with Gasteiger partial charge in [0.2, 0.25) is 0 Å². The fourth-order valence-electron chi connectivity index (χ4n) is 1.92. The van der Waals surface area contributed by atoms with E-state index in [-0.39, 0.29) is 0 Å². The quantitative estimate of drug-likeness (QED) is 0.797. The molecule has 0 aromatic carbocycles. The van der Waals surface area contributed by atoms with Gasteiger partial charge >= 0.3 is 0 Å². The Labute approximate surface area is 92.1 Å². The van der Waals surface area contributed by atoms with Crippen LogP contribution in [0.1, 0.15) is 38.3 Å². The Morgan fingerprint density at radius 2 is 2.00 bits per heavy atom. The van der Waals surface area contributed by atoms with Crippen molar-refractivity contribution >= 4 is 0 Å². The van der Waals surface area contributed by atoms with E-state index in [2.05, 4.69) is 36.3 Å². The topological polar surface area (TPSA) is 24.9 Å². The van der Waals surface area contributed by atoms with Crippen LogP contribution >= 0.6 is 0 Å². The van der Waals surface area contributed by atoms with Gasteiger partial charge in [0, 0.05) is 18.4 Å². The Morgan fingerprint density at radius 3 is 2.53 bits per heavy atom. The van der Waals surface area contributed by atoms with E-state index in [1.54, 1.807) is 0 Å². The monoisotopic (exact) mass is 204 g/mol. The fraction of sp³-hybridized carbons (Fsp3) is 0.615. The average molecular weight is 204 g/mol. The molecule has 1 saturated carbocycles. The van der Waals surface area contributed by atoms with E-state index in [1.807, 2.05) is 12.4 Å². The van der Waals surface area contributed by atoms with Crippen LogP contribution in [-0.4, -0.2) is 11.5 Å². The Hall–Kier alpha value is -0.890. The Morgan fingerprint density at radius 1 is 1.33 bits per heavy atom. The van der Waals surface area contributed by atoms with Crippen molar-refractivity contribution in [2.45, 2.75) is 32.7 Å². The maximum atomic E-state index is 4.07. The highest BCUT2D eigenvalue weighted by molar-refractivity contribution is 5.17. The predicted octanol–water partition coefficient (Wildman–Crippen LogP) is 2.78. The minimum absolute atomic E-state index is 0.551. The average Bonchev–Trinajstić information content (AvgIpc) is 3.03. The van der Waals surface area contributed by atoms with E-state index in [1.165, 1.54) is 18.4 Å². The lowest BCUT2D eigenvalue weighted by Gasteiger charge is -2.19. The van der Waals surface area contributed by atoms with E-state index >= 15 is 0 Å². The second kappa shape index (κ2) is 4.75. The molecule has 0 saturated heterocycles. The number of nitrogens with one attached hydrogen (secondary N) is 1. The largest absolute Gasteiger partial charge is 0.309 e. The maximum absolute atomic E-state index is 4.07. The van der Waals surface area contributed by atoms with Crippen molar-refractivity contribution in [1.29, 1.82) is 0 Å². The molecule has 2 heteroatoms. The van der Waals surface area contributed by atoms with Gasteiger partial charge in [-0.1, -0.05) is 13.8 Å². The smallest absolute Gasteiger partial charge is 0.0349 e. The summed E-state index contributed by atoms with van der Waals surface area (Å²) in [5.41, 5.74) is 1.40. The predicted molar refractivity (Wildman–Crippen MR) is 62.5 cm³/mol. The van der Waals surface area contributed by atoms with E-state index in [9.17, 15) is 0 Å². The van der Waals surface area contributed by atoms with Crippen molar-refractivity contribution in [3.63, 3.8) is 0 Å². The van der Waals surface area contributed by atoms with Crippen LogP contribution in [-0.2, 0) is 0 Å². The van der Waals surface area contributed by atoms with Crippen molar-refractivity contribution in [2.75, 3.05) is 6.54 Å². The summed E-state index contributed by atoms with van der Waals surface area (Å²) in [7, 11) is 0. The zero-order valence-electron chi connectivity index (χ0n) is 9.61. The molecule has 2 rings (SSSR count). The Balaban J connectivity index is 2.00. The number of pyridine rings is 1. The second-order valence-electron chi connectivity index (χ2n) is 4.90. The molecule has 0 radical (unpaired) electrons. The lowest BCUT2D eigenvalue weighted by atomic mass is 10.0. The number of hydrogen-bond acceptors (Lipinski definition) is 2. The Kier molecular flexibility index (Phi) is 3.37. The normalized spacial score (nSPS) is 18.1. The van der Waals surface area contributed by atoms with Crippen LogP contribution in [0.15, 0.2) is 24.5 Å². The van der Waals surface area contributed by atoms with Crippen LogP contribution in [0.25, 0.3) is 0 Å². The highest BCUT2D eigenvalue weighted by Crippen LogP contribution is 2.40. The summed E-state index contributed by atoms with van der Waals surface area (Å²) in [6.07, 6.45) is 6.53. The van der Waals surface area contributed by atoms with Gasteiger partial charge in [-0.3, -0.25) is 4.98 Å². The molecule has 1 atom stereocenters. The molecule has 1 aromatic heterocycles. The standard InChI is InChI=1S/C13H20N2/c1-10(2)9-15-13(11-3-4-11)12-5-7-14-8-6-12/h5-8,10-11,13,15H,3-4,9H2,1-2H3. The summed E-state index contributed by atoms with van der Waals surface area (Å²) in [5.74, 6) is 1.57. The number of hydrogen-bond donors (Lipinski definition) is 1. The number of nitrogens with zero attached hydrogens (tertiary/aromatic N) is 1. The van der Waals surface area contributed by atoms with Crippen molar-refractivity contribution in [3.8, 4) is 0 Å². The van der Waals surface area contributed by atoms with Crippen molar-refractivity contribution < 1.29 is 0 Å². The van der Waals surface area contributed by atoms with Gasteiger partial charge in [0.1, 0.15) is 0 Å². The van der Waals surface area contributed by atoms with Crippen LogP contribution in [0.3, 0.4) is 0 Å². The van der Waals surface area contributed by atoms with Crippen LogP contribution < -0.4 is 5.32 Å². The number of aromatic nitrogens is 1. The highest BCUT2D eigenvalue weighted by Gasteiger charge is 2.31. The minimum Gasteiger partial charge on any atom is -0.309 e. The van der Waals surface area contributed by atoms with Gasteiger partial charge < -0.3 is 5.32 Å². The molecule has 1 unspecified atom stereocenters. The van der Waals surface area contributed by atoms with Gasteiger partial charge in [0.15, 0.2) is 0 Å². The fourth-order valence-corrected chi connectivity index (χ4v) is 1.92. The summed E-state index contributed by atoms with van der Waals surface area (Å²) < 4.78 is 0. The van der Waals surface area contributed by atoms with Crippen LogP contribution in [0.4, 0.5) is 0 Å². The lowest BCUT2D eigenvalue weighted by Crippen LogP contribution is -2.26. The SMILES string of the molecule is CC(C)CNC(c1ccncc1)C1CC1. The molecule has 1 heterocycles. The van der Waals surface area contributed by atoms with Gasteiger partial charge in [-0.25, -0.2) is 0 Å². The third-order valence-electron chi connectivity index (χ3n) is 2.90. The van der Waals surface area contributed by atoms with Crippen molar-refractivity contribution in [3.05, 3.63) is 30.1 Å². The van der Waals surface area contributed by atoms with Gasteiger partial charge in [-0.15, -0.1) is 0 Å². The molecule has 0 amide bonds. The zero-order chi connectivity index (χ0) is 10.7. The molecule has 0 aliphatic heterocycles. The third kappa shape index (κ3) is 3.03. The summed E-state index contributed by atoms with van der Waals surface area (Å²) >= 11 is 0. The van der Waals surface area contributed by atoms with Crippen molar-refractivity contribution in [2.24, 2.45) is 11.8 Å². The summed E-state index contributed by atoms with van der Waals surface area (Å²) in [4.78, 5) is 4.07. The Bertz CT molecular complexity index is 291. The van der Waals surface area contributed by atoms with Crippen LogP contribution in [0.2, 0.25) is 0 Å². The van der Waals surface area contributed by atoms with Crippen LogP contribution in [0, 0.1) is 11.8 Å². The molecule has 1 aliphatic carbocycles. The van der Waals surface area contributed by atoms with Gasteiger partial charge in [0.05, 0.1) is 0 Å². The first-order valence-corrected chi connectivity index (χ1v) is 5.90. The first-order chi connectivity index (χ1) is 7.27. The lowest BCUT2D eigenvalue weighted by molar-refractivity contribution is 0.438. The molecule has 1 N–H and O–H groups in total. The van der Waals surface area contributed by atoms with Gasteiger partial charge in [-0.05, 0) is 48.9 Å². The maximum Gasteiger partial charge on any atom is 0.0349 e. The van der Waals surface area contributed by atoms with Crippen LogP contribution in [0.5, 0.6) is 0 Å². The molecule has 0 spiro atoms. The zero-order valence-corrected chi connectivity index (χ0v) is 9.61. The minimum atomic E-state index is 0.551. The molecule has 1 fully saturated rings. The van der Waals surface area contributed by atoms with Gasteiger partial charge in [0.25, 0.3) is 0 Å². The van der Waals surface area contributed by atoms with E-state index in [4.69, 9.17) is 0 Å². The van der Waals surface area contributed by atoms with E-state index in [0.29, 0.717) is 12.0 Å². The molecule has 2 nitrogen and oxygen atoms in total. The molecule has 1 aromatic rings. The summed E-state index contributed by atoms with van der Waals surface area (Å²) in [6, 6.07) is 4.82. The van der Waals surface area contributed by atoms with Gasteiger partial charge in [-0.2, -0.15) is 0 Å². The molecule has 1 aliphatic rings. The van der Waals surface area contributed by atoms with E-state index < -0.39 is 0 Å². The van der Waals surface area contributed by atoms with Crippen molar-refractivity contribution in [1.82, 2.24) is 10.3 Å². The number of rotatable bonds is 5. The molecule has 15 heavy (non-hydrogen) atoms. The first-order valence-electron chi connectivity index (χ1n) is 5.90. The summed E-state index contributed by atoms with van der Waals surface area (Å²) in [6.45, 7) is 5.61.